The van der Waals surface area contributed by atoms with E-state index in [1.54, 1.807) is 7.11 Å². The molecule has 0 amide bonds. The van der Waals surface area contributed by atoms with Crippen molar-refractivity contribution in [3.05, 3.63) is 0 Å². The first kappa shape index (κ1) is 18.5. The van der Waals surface area contributed by atoms with E-state index >= 15 is 0 Å². The second-order valence-electron chi connectivity index (χ2n) is 4.48. The fraction of sp³-hybridized carbons (Fsp3) is 1.00. The van der Waals surface area contributed by atoms with Gasteiger partial charge in [-0.05, 0) is 18.3 Å². The van der Waals surface area contributed by atoms with Gasteiger partial charge in [-0.3, -0.25) is 0 Å². The molecule has 0 aromatic carbocycles. The third kappa shape index (κ3) is 8.54. The van der Waals surface area contributed by atoms with Crippen LogP contribution in [0.25, 0.3) is 0 Å². The van der Waals surface area contributed by atoms with E-state index in [4.69, 9.17) is 37.4 Å². The monoisotopic (exact) mass is 300 g/mol. The molecule has 0 N–H and O–H groups in total. The maximum Gasteiger partial charge on any atom is 0.0701 e. The SMILES string of the molecule is CCCC(CCl)(CCl)CCOCCOCCOC. The van der Waals surface area contributed by atoms with Crippen molar-refractivity contribution in [2.45, 2.75) is 26.2 Å². The molecule has 0 radical (unpaired) electrons. The van der Waals surface area contributed by atoms with Gasteiger partial charge in [0.05, 0.1) is 26.4 Å². The Hall–Kier alpha value is 0.460. The van der Waals surface area contributed by atoms with Crippen LogP contribution in [0.2, 0.25) is 0 Å². The van der Waals surface area contributed by atoms with Crippen LogP contribution >= 0.6 is 23.2 Å². The molecule has 0 aromatic heterocycles. The summed E-state index contributed by atoms with van der Waals surface area (Å²) in [7, 11) is 1.66. The molecule has 0 bridgehead atoms. The Balaban J connectivity index is 3.55. The number of ether oxygens (including phenoxy) is 3. The Bertz CT molecular complexity index is 176. The summed E-state index contributed by atoms with van der Waals surface area (Å²) in [6.45, 7) is 5.29. The van der Waals surface area contributed by atoms with Crippen molar-refractivity contribution in [1.29, 1.82) is 0 Å². The molecule has 0 atom stereocenters. The molecular formula is C13H26Cl2O3. The molecule has 0 unspecified atom stereocenters. The minimum atomic E-state index is 0.0226. The topological polar surface area (TPSA) is 27.7 Å². The van der Waals surface area contributed by atoms with E-state index in [0.717, 1.165) is 19.3 Å². The lowest BCUT2D eigenvalue weighted by Crippen LogP contribution is -2.27. The molecule has 0 fully saturated rings. The molecule has 0 spiro atoms. The molecule has 0 aliphatic heterocycles. The van der Waals surface area contributed by atoms with E-state index in [9.17, 15) is 0 Å². The normalized spacial score (nSPS) is 12.0. The van der Waals surface area contributed by atoms with Gasteiger partial charge in [0.15, 0.2) is 0 Å². The Kier molecular flexibility index (Phi) is 12.8. The van der Waals surface area contributed by atoms with E-state index < -0.39 is 0 Å². The first-order chi connectivity index (χ1) is 8.74. The van der Waals surface area contributed by atoms with Gasteiger partial charge < -0.3 is 14.2 Å². The third-order valence-corrected chi connectivity index (χ3v) is 4.06. The molecular weight excluding hydrogens is 275 g/mol. The highest BCUT2D eigenvalue weighted by molar-refractivity contribution is 6.21. The summed E-state index contributed by atoms with van der Waals surface area (Å²) in [6, 6.07) is 0. The van der Waals surface area contributed by atoms with Crippen molar-refractivity contribution in [1.82, 2.24) is 0 Å². The largest absolute Gasteiger partial charge is 0.382 e. The molecule has 18 heavy (non-hydrogen) atoms. The molecule has 0 aromatic rings. The standard InChI is InChI=1S/C13H26Cl2O3/c1-3-4-13(11-14,12-15)5-6-17-9-10-18-8-7-16-2/h3-12H2,1-2H3. The van der Waals surface area contributed by atoms with Crippen LogP contribution in [0.5, 0.6) is 0 Å². The minimum Gasteiger partial charge on any atom is -0.382 e. The fourth-order valence-electron chi connectivity index (χ4n) is 1.71. The quantitative estimate of drug-likeness (QED) is 0.386. The molecule has 110 valence electrons. The number of halogens is 2. The number of methoxy groups -OCH3 is 1. The van der Waals surface area contributed by atoms with Crippen LogP contribution in [-0.4, -0.2) is 51.9 Å². The van der Waals surface area contributed by atoms with Gasteiger partial charge in [-0.25, -0.2) is 0 Å². The number of hydrogen-bond donors (Lipinski definition) is 0. The van der Waals surface area contributed by atoms with Crippen LogP contribution in [0.15, 0.2) is 0 Å². The average molecular weight is 301 g/mol. The first-order valence-corrected chi connectivity index (χ1v) is 7.58. The summed E-state index contributed by atoms with van der Waals surface area (Å²) < 4.78 is 15.7. The number of hydrogen-bond acceptors (Lipinski definition) is 3. The molecule has 0 aliphatic rings. The molecule has 0 rings (SSSR count). The van der Waals surface area contributed by atoms with Crippen molar-refractivity contribution in [3.8, 4) is 0 Å². The van der Waals surface area contributed by atoms with Gasteiger partial charge in [0.25, 0.3) is 0 Å². The zero-order valence-corrected chi connectivity index (χ0v) is 13.1. The van der Waals surface area contributed by atoms with Crippen LogP contribution < -0.4 is 0 Å². The zero-order chi connectivity index (χ0) is 13.7. The summed E-state index contributed by atoms with van der Waals surface area (Å²) in [4.78, 5) is 0. The van der Waals surface area contributed by atoms with E-state index in [0.29, 0.717) is 44.8 Å². The Morgan fingerprint density at radius 3 is 1.89 bits per heavy atom. The first-order valence-electron chi connectivity index (χ1n) is 6.51. The van der Waals surface area contributed by atoms with Crippen molar-refractivity contribution in [2.24, 2.45) is 5.41 Å². The Morgan fingerprint density at radius 1 is 0.833 bits per heavy atom. The molecule has 0 aliphatic carbocycles. The van der Waals surface area contributed by atoms with E-state index in [2.05, 4.69) is 6.92 Å². The van der Waals surface area contributed by atoms with Crippen LogP contribution in [0.1, 0.15) is 26.2 Å². The smallest absolute Gasteiger partial charge is 0.0701 e. The highest BCUT2D eigenvalue weighted by Crippen LogP contribution is 2.31. The number of alkyl halides is 2. The molecule has 0 heterocycles. The van der Waals surface area contributed by atoms with Gasteiger partial charge >= 0.3 is 0 Å². The second kappa shape index (κ2) is 12.5. The summed E-state index contributed by atoms with van der Waals surface area (Å²) in [5, 5.41) is 0. The van der Waals surface area contributed by atoms with Gasteiger partial charge in [0, 0.05) is 25.5 Å². The lowest BCUT2D eigenvalue weighted by Gasteiger charge is -2.29. The van der Waals surface area contributed by atoms with Crippen molar-refractivity contribution in [3.63, 3.8) is 0 Å². The van der Waals surface area contributed by atoms with Gasteiger partial charge in [0.2, 0.25) is 0 Å². The molecule has 0 saturated carbocycles. The summed E-state index contributed by atoms with van der Waals surface area (Å²) in [6.07, 6.45) is 3.05. The van der Waals surface area contributed by atoms with E-state index in [1.165, 1.54) is 0 Å². The lowest BCUT2D eigenvalue weighted by atomic mass is 9.84. The van der Waals surface area contributed by atoms with E-state index in [-0.39, 0.29) is 5.41 Å². The van der Waals surface area contributed by atoms with Crippen LogP contribution in [-0.2, 0) is 14.2 Å². The Labute approximate surface area is 121 Å². The lowest BCUT2D eigenvalue weighted by molar-refractivity contribution is 0.0184. The van der Waals surface area contributed by atoms with Crippen molar-refractivity contribution < 1.29 is 14.2 Å². The van der Waals surface area contributed by atoms with Crippen LogP contribution in [0, 0.1) is 5.41 Å². The predicted octanol–water partition coefficient (Wildman–Crippen LogP) is 3.32. The highest BCUT2D eigenvalue weighted by atomic mass is 35.5. The average Bonchev–Trinajstić information content (AvgIpc) is 2.40. The van der Waals surface area contributed by atoms with Crippen LogP contribution in [0.3, 0.4) is 0 Å². The molecule has 0 saturated heterocycles. The van der Waals surface area contributed by atoms with Gasteiger partial charge in [-0.15, -0.1) is 23.2 Å². The Morgan fingerprint density at radius 2 is 1.39 bits per heavy atom. The van der Waals surface area contributed by atoms with Gasteiger partial charge in [-0.2, -0.15) is 0 Å². The van der Waals surface area contributed by atoms with Crippen molar-refractivity contribution >= 4 is 23.2 Å². The molecule has 5 heteroatoms. The maximum atomic E-state index is 6.02. The van der Waals surface area contributed by atoms with Gasteiger partial charge in [0.1, 0.15) is 0 Å². The number of rotatable bonds is 13. The van der Waals surface area contributed by atoms with Crippen molar-refractivity contribution in [2.75, 3.05) is 51.9 Å². The highest BCUT2D eigenvalue weighted by Gasteiger charge is 2.26. The fourth-order valence-corrected chi connectivity index (χ4v) is 2.53. The molecule has 3 nitrogen and oxygen atoms in total. The zero-order valence-electron chi connectivity index (χ0n) is 11.6. The van der Waals surface area contributed by atoms with Crippen LogP contribution in [0.4, 0.5) is 0 Å². The van der Waals surface area contributed by atoms with E-state index in [1.807, 2.05) is 0 Å². The minimum absolute atomic E-state index is 0.0226. The second-order valence-corrected chi connectivity index (χ2v) is 5.02. The third-order valence-electron chi connectivity index (χ3n) is 2.93. The maximum absolute atomic E-state index is 6.02. The van der Waals surface area contributed by atoms with Gasteiger partial charge in [-0.1, -0.05) is 13.3 Å². The summed E-state index contributed by atoms with van der Waals surface area (Å²) >= 11 is 12.0. The predicted molar refractivity (Wildman–Crippen MR) is 76.9 cm³/mol. The summed E-state index contributed by atoms with van der Waals surface area (Å²) in [5.74, 6) is 1.19. The summed E-state index contributed by atoms with van der Waals surface area (Å²) in [5.41, 5.74) is 0.0226.